The highest BCUT2D eigenvalue weighted by Crippen LogP contribution is 2.48. The number of hydrogen-bond donors (Lipinski definition) is 3. The van der Waals surface area contributed by atoms with E-state index in [9.17, 15) is 17.2 Å². The van der Waals surface area contributed by atoms with Gasteiger partial charge in [0.25, 0.3) is 5.92 Å². The number of rotatable bonds is 8. The third-order valence-electron chi connectivity index (χ3n) is 6.31. The zero-order chi connectivity index (χ0) is 28.0. The van der Waals surface area contributed by atoms with Crippen molar-refractivity contribution in [1.29, 1.82) is 0 Å². The molecular formula is C25H26ClF3N6O2S. The summed E-state index contributed by atoms with van der Waals surface area (Å²) in [5.74, 6) is -2.86. The van der Waals surface area contributed by atoms with Crippen molar-refractivity contribution >= 4 is 39.2 Å². The monoisotopic (exact) mass is 566 g/mol. The number of halogens is 4. The molecule has 2 aromatic carbocycles. The molecule has 0 spiro atoms. The fraction of sp³-hybridized carbons (Fsp3) is 0.280. The molecule has 0 bridgehead atoms. The van der Waals surface area contributed by atoms with Crippen LogP contribution in [-0.2, 0) is 15.7 Å². The maximum absolute atomic E-state index is 16.6. The van der Waals surface area contributed by atoms with Crippen molar-refractivity contribution in [2.45, 2.75) is 36.8 Å². The number of anilines is 3. The van der Waals surface area contributed by atoms with Gasteiger partial charge in [0.05, 0.1) is 16.5 Å². The number of nitrogen functional groups attached to an aromatic ring is 1. The van der Waals surface area contributed by atoms with Crippen molar-refractivity contribution < 1.29 is 21.6 Å². The zero-order valence-corrected chi connectivity index (χ0v) is 22.2. The second-order valence-electron chi connectivity index (χ2n) is 9.24. The topological polar surface area (TPSA) is 117 Å². The first-order valence-electron chi connectivity index (χ1n) is 11.4. The van der Waals surface area contributed by atoms with Gasteiger partial charge in [-0.25, -0.2) is 26.7 Å². The average Bonchev–Trinajstić information content (AvgIpc) is 3.42. The molecule has 38 heavy (non-hydrogen) atoms. The van der Waals surface area contributed by atoms with Gasteiger partial charge < -0.3 is 11.1 Å². The third-order valence-corrected chi connectivity index (χ3v) is 8.47. The highest BCUT2D eigenvalue weighted by Gasteiger charge is 2.44. The van der Waals surface area contributed by atoms with Crippen LogP contribution in [0.2, 0.25) is 5.02 Å². The van der Waals surface area contributed by atoms with Crippen LogP contribution >= 0.6 is 11.6 Å². The maximum Gasteiger partial charge on any atom is 0.262 e. The Kier molecular flexibility index (Phi) is 7.10. The van der Waals surface area contributed by atoms with Crippen molar-refractivity contribution in [3.63, 3.8) is 0 Å². The Morgan fingerprint density at radius 3 is 2.34 bits per heavy atom. The molecule has 4 rings (SSSR count). The lowest BCUT2D eigenvalue weighted by Crippen LogP contribution is -2.31. The summed E-state index contributed by atoms with van der Waals surface area (Å²) in [6, 6.07) is 8.50. The predicted octanol–water partition coefficient (Wildman–Crippen LogP) is 5.80. The molecule has 0 amide bonds. The van der Waals surface area contributed by atoms with E-state index in [2.05, 4.69) is 33.7 Å². The minimum absolute atomic E-state index is 0.0758. The van der Waals surface area contributed by atoms with Crippen molar-refractivity contribution in [1.82, 2.24) is 19.5 Å². The van der Waals surface area contributed by atoms with Crippen molar-refractivity contribution in [3.8, 4) is 11.1 Å². The first kappa shape index (κ1) is 27.7. The number of nitrogens with one attached hydrogen (secondary N) is 2. The van der Waals surface area contributed by atoms with E-state index in [4.69, 9.17) is 17.3 Å². The minimum atomic E-state index is -4.14. The van der Waals surface area contributed by atoms with Crippen LogP contribution in [0.15, 0.2) is 65.6 Å². The maximum atomic E-state index is 16.6. The molecule has 1 saturated heterocycles. The molecule has 0 unspecified atom stereocenters. The number of sulfonamides is 1. The van der Waals surface area contributed by atoms with Gasteiger partial charge in [-0.05, 0) is 54.8 Å². The lowest BCUT2D eigenvalue weighted by molar-refractivity contribution is 0.0183. The van der Waals surface area contributed by atoms with E-state index in [-0.39, 0.29) is 50.6 Å². The van der Waals surface area contributed by atoms with Gasteiger partial charge in [-0.15, -0.1) is 5.10 Å². The molecule has 0 aliphatic carbocycles. The Hall–Kier alpha value is -3.35. The number of hydrogen-bond acceptors (Lipinski definition) is 6. The molecule has 202 valence electrons. The average molecular weight is 567 g/mol. The summed E-state index contributed by atoms with van der Waals surface area (Å²) in [4.78, 5) is 3.81. The van der Waals surface area contributed by atoms with Crippen LogP contribution in [0.1, 0.15) is 25.8 Å². The van der Waals surface area contributed by atoms with Gasteiger partial charge >= 0.3 is 0 Å². The number of nitrogens with zero attached hydrogens (tertiary/aromatic N) is 3. The smallest absolute Gasteiger partial charge is 0.262 e. The Labute approximate surface area is 223 Å². The Morgan fingerprint density at radius 2 is 1.84 bits per heavy atom. The van der Waals surface area contributed by atoms with Gasteiger partial charge in [-0.2, -0.15) is 9.29 Å². The number of benzene rings is 2. The van der Waals surface area contributed by atoms with E-state index in [1.54, 1.807) is 0 Å². The number of H-pyrrole nitrogens is 1. The lowest BCUT2D eigenvalue weighted by Gasteiger charge is -2.30. The molecule has 8 nitrogen and oxygen atoms in total. The summed E-state index contributed by atoms with van der Waals surface area (Å²) in [5.41, 5.74) is 4.79. The summed E-state index contributed by atoms with van der Waals surface area (Å²) in [5, 5.41) is 9.44. The van der Waals surface area contributed by atoms with Gasteiger partial charge in [0.1, 0.15) is 0 Å². The van der Waals surface area contributed by atoms with Gasteiger partial charge in [0, 0.05) is 29.8 Å². The third kappa shape index (κ3) is 5.03. The summed E-state index contributed by atoms with van der Waals surface area (Å²) in [6.45, 7) is 9.52. The molecular weight excluding hydrogens is 541 g/mol. The van der Waals surface area contributed by atoms with Gasteiger partial charge in [0.15, 0.2) is 5.67 Å². The molecule has 0 radical (unpaired) electrons. The van der Waals surface area contributed by atoms with Crippen LogP contribution in [0.3, 0.4) is 0 Å². The van der Waals surface area contributed by atoms with E-state index in [0.29, 0.717) is 11.3 Å². The van der Waals surface area contributed by atoms with E-state index in [0.717, 1.165) is 4.31 Å². The van der Waals surface area contributed by atoms with Crippen LogP contribution in [0.4, 0.5) is 30.8 Å². The van der Waals surface area contributed by atoms with Gasteiger partial charge in [-0.1, -0.05) is 36.9 Å². The second kappa shape index (κ2) is 9.75. The molecule has 1 aromatic heterocycles. The van der Waals surface area contributed by atoms with E-state index < -0.39 is 34.6 Å². The summed E-state index contributed by atoms with van der Waals surface area (Å²) in [6.07, 6.45) is -0.537. The Balaban J connectivity index is 1.81. The number of aromatic nitrogens is 3. The van der Waals surface area contributed by atoms with Crippen LogP contribution in [0.5, 0.6) is 0 Å². The fourth-order valence-corrected chi connectivity index (χ4v) is 6.18. The SMILES string of the molecule is C=C(C)C(F)(C(=C)C)c1cc(Nc2n[nH]c(N)n2)cc(Cl)c1-c1ccc(S(=O)(=O)N2CCC(F)(F)C2)cc1. The molecule has 13 heteroatoms. The highest BCUT2D eigenvalue weighted by molar-refractivity contribution is 7.89. The quantitative estimate of drug-likeness (QED) is 0.297. The van der Waals surface area contributed by atoms with Crippen molar-refractivity contribution in [2.75, 3.05) is 24.1 Å². The summed E-state index contributed by atoms with van der Waals surface area (Å²) < 4.78 is 70.5. The zero-order valence-electron chi connectivity index (χ0n) is 20.7. The van der Waals surface area contributed by atoms with E-state index >= 15 is 4.39 Å². The normalized spacial score (nSPS) is 15.9. The highest BCUT2D eigenvalue weighted by atomic mass is 35.5. The second-order valence-corrected chi connectivity index (χ2v) is 11.6. The van der Waals surface area contributed by atoms with Gasteiger partial charge in [-0.3, -0.25) is 0 Å². The number of allylic oxidation sites excluding steroid dienone is 2. The number of alkyl halides is 3. The molecule has 0 saturated carbocycles. The summed E-state index contributed by atoms with van der Waals surface area (Å²) >= 11 is 6.67. The first-order valence-corrected chi connectivity index (χ1v) is 13.2. The number of nitrogens with two attached hydrogens (primary N) is 1. The van der Waals surface area contributed by atoms with E-state index in [1.165, 1.54) is 50.2 Å². The van der Waals surface area contributed by atoms with E-state index in [1.807, 2.05) is 0 Å². The molecule has 2 heterocycles. The fourth-order valence-electron chi connectivity index (χ4n) is 4.38. The lowest BCUT2D eigenvalue weighted by atomic mass is 9.80. The van der Waals surface area contributed by atoms with Crippen LogP contribution < -0.4 is 11.1 Å². The Bertz CT molecular complexity index is 1510. The van der Waals surface area contributed by atoms with Crippen LogP contribution in [-0.4, -0.2) is 46.9 Å². The molecule has 0 atom stereocenters. The first-order chi connectivity index (χ1) is 17.6. The van der Waals surface area contributed by atoms with Gasteiger partial charge in [0.2, 0.25) is 21.9 Å². The molecule has 1 aliphatic heterocycles. The van der Waals surface area contributed by atoms with Crippen LogP contribution in [0, 0.1) is 0 Å². The molecule has 1 fully saturated rings. The van der Waals surface area contributed by atoms with Crippen molar-refractivity contribution in [3.05, 3.63) is 71.3 Å². The molecule has 3 aromatic rings. The minimum Gasteiger partial charge on any atom is -0.368 e. The van der Waals surface area contributed by atoms with Crippen molar-refractivity contribution in [2.24, 2.45) is 0 Å². The molecule has 1 aliphatic rings. The number of aromatic amines is 1. The summed E-state index contributed by atoms with van der Waals surface area (Å²) in [7, 11) is -4.14. The predicted molar refractivity (Wildman–Crippen MR) is 142 cm³/mol. The molecule has 4 N–H and O–H groups in total. The largest absolute Gasteiger partial charge is 0.368 e. The van der Waals surface area contributed by atoms with Crippen LogP contribution in [0.25, 0.3) is 11.1 Å². The standard InChI is InChI=1S/C25H26ClF3N6O2S/c1-14(2)25(29,15(3)4)19-11-17(31-23-32-22(30)33-34-23)12-20(26)21(19)16-5-7-18(8-6-16)38(36,37)35-10-9-24(27,28)13-35/h5-8,11-12H,1,3,9-10,13H2,2,4H3,(H4,30,31,32,33,34). The Morgan fingerprint density at radius 1 is 1.21 bits per heavy atom.